The molecular weight excluding hydrogens is 517 g/mol. The van der Waals surface area contributed by atoms with Crippen molar-refractivity contribution in [2.45, 2.75) is 6.92 Å². The molecule has 0 saturated heterocycles. The molecule has 0 aliphatic rings. The van der Waals surface area contributed by atoms with Gasteiger partial charge >= 0.3 is 0 Å². The van der Waals surface area contributed by atoms with Gasteiger partial charge in [-0.15, -0.1) is 0 Å². The molecule has 0 heterocycles. The second-order valence-electron chi connectivity index (χ2n) is 7.34. The number of hydrogen-bond acceptors (Lipinski definition) is 5. The zero-order valence-corrected chi connectivity index (χ0v) is 20.5. The summed E-state index contributed by atoms with van der Waals surface area (Å²) in [6.07, 6.45) is 1.41. The number of anilines is 2. The number of carbonyl (C=O) groups is 2. The average Bonchev–Trinajstić information content (AvgIpc) is 2.82. The Kier molecular flexibility index (Phi) is 8.59. The third-order valence-electron chi connectivity index (χ3n) is 4.70. The maximum Gasteiger partial charge on any atom is 0.266 e. The van der Waals surface area contributed by atoms with Crippen LogP contribution >= 0.6 is 15.9 Å². The van der Waals surface area contributed by atoms with E-state index in [1.807, 2.05) is 19.1 Å². The molecule has 7 nitrogen and oxygen atoms in total. The first-order valence-corrected chi connectivity index (χ1v) is 11.1. The molecule has 0 saturated carbocycles. The molecule has 0 atom stereocenters. The number of nitrogens with zero attached hydrogens (tertiary/aromatic N) is 1. The molecular formula is C26H21BrFN3O4. The van der Waals surface area contributed by atoms with Gasteiger partial charge in [-0.05, 0) is 76.5 Å². The number of amides is 2. The maximum atomic E-state index is 13.7. The fraction of sp³-hybridized carbons (Fsp3) is 0.115. The zero-order valence-electron chi connectivity index (χ0n) is 18.9. The highest BCUT2D eigenvalue weighted by atomic mass is 79.9. The second kappa shape index (κ2) is 11.8. The van der Waals surface area contributed by atoms with Gasteiger partial charge in [-0.3, -0.25) is 9.59 Å². The summed E-state index contributed by atoms with van der Waals surface area (Å²) >= 11 is 3.37. The van der Waals surface area contributed by atoms with Crippen LogP contribution in [0.3, 0.4) is 0 Å². The Morgan fingerprint density at radius 2 is 1.89 bits per heavy atom. The average molecular weight is 538 g/mol. The van der Waals surface area contributed by atoms with Gasteiger partial charge in [0.1, 0.15) is 17.5 Å². The Balaban J connectivity index is 1.75. The molecule has 0 bridgehead atoms. The number of carbonyl (C=O) groups excluding carboxylic acids is 2. The molecule has 0 aliphatic heterocycles. The standard InChI is InChI=1S/C26H21BrFN3O4/c1-16-6-5-7-19(10-16)30-26(33)18(14-29)11-17-12-20(27)25(23(13-17)34-2)35-15-24(32)31-22-9-4-3-8-21(22)28/h3-13H,15H2,1-2H3,(H,30,33)(H,31,32)/b18-11+. The minimum Gasteiger partial charge on any atom is -0.493 e. The van der Waals surface area contributed by atoms with Crippen LogP contribution in [0.25, 0.3) is 6.08 Å². The van der Waals surface area contributed by atoms with Gasteiger partial charge in [0.25, 0.3) is 11.8 Å². The number of hydrogen-bond donors (Lipinski definition) is 2. The minimum atomic E-state index is -0.562. The van der Waals surface area contributed by atoms with E-state index in [-0.39, 0.29) is 22.8 Å². The molecule has 3 aromatic rings. The van der Waals surface area contributed by atoms with Gasteiger partial charge in [0.05, 0.1) is 17.3 Å². The SMILES string of the molecule is COc1cc(/C=C(\C#N)C(=O)Nc2cccc(C)c2)cc(Br)c1OCC(=O)Nc1ccccc1F. The molecule has 35 heavy (non-hydrogen) atoms. The maximum absolute atomic E-state index is 13.7. The van der Waals surface area contributed by atoms with Crippen molar-refractivity contribution >= 4 is 45.2 Å². The van der Waals surface area contributed by atoms with Crippen LogP contribution in [0.4, 0.5) is 15.8 Å². The highest BCUT2D eigenvalue weighted by Gasteiger charge is 2.16. The number of nitriles is 1. The second-order valence-corrected chi connectivity index (χ2v) is 8.20. The van der Waals surface area contributed by atoms with Crippen LogP contribution in [0, 0.1) is 24.1 Å². The molecule has 178 valence electrons. The van der Waals surface area contributed by atoms with Crippen molar-refractivity contribution in [3.05, 3.63) is 87.7 Å². The molecule has 2 N–H and O–H groups in total. The predicted octanol–water partition coefficient (Wildman–Crippen LogP) is 5.47. The fourth-order valence-electron chi connectivity index (χ4n) is 3.09. The number of rotatable bonds is 8. The van der Waals surface area contributed by atoms with Crippen LogP contribution in [0.2, 0.25) is 0 Å². The molecule has 0 unspecified atom stereocenters. The van der Waals surface area contributed by atoms with E-state index in [2.05, 4.69) is 26.6 Å². The van der Waals surface area contributed by atoms with Gasteiger partial charge in [0, 0.05) is 5.69 Å². The molecule has 0 radical (unpaired) electrons. The van der Waals surface area contributed by atoms with Crippen molar-refractivity contribution in [2.24, 2.45) is 0 Å². The van der Waals surface area contributed by atoms with Crippen LogP contribution in [0.15, 0.2) is 70.7 Å². The number of halogens is 2. The Labute approximate surface area is 210 Å². The van der Waals surface area contributed by atoms with Crippen LogP contribution < -0.4 is 20.1 Å². The van der Waals surface area contributed by atoms with Gasteiger partial charge in [-0.25, -0.2) is 4.39 Å². The van der Waals surface area contributed by atoms with Crippen LogP contribution in [0.1, 0.15) is 11.1 Å². The van der Waals surface area contributed by atoms with Gasteiger partial charge in [0.2, 0.25) is 0 Å². The van der Waals surface area contributed by atoms with E-state index in [9.17, 15) is 19.2 Å². The van der Waals surface area contributed by atoms with Gasteiger partial charge in [0.15, 0.2) is 18.1 Å². The number of ether oxygens (including phenoxy) is 2. The smallest absolute Gasteiger partial charge is 0.266 e. The lowest BCUT2D eigenvalue weighted by Gasteiger charge is -2.14. The van der Waals surface area contributed by atoms with Crippen LogP contribution in [-0.2, 0) is 9.59 Å². The first kappa shape index (κ1) is 25.5. The monoisotopic (exact) mass is 537 g/mol. The number of methoxy groups -OCH3 is 1. The van der Waals surface area contributed by atoms with E-state index in [0.717, 1.165) is 5.56 Å². The summed E-state index contributed by atoms with van der Waals surface area (Å²) in [6.45, 7) is 1.49. The van der Waals surface area contributed by atoms with Crippen LogP contribution in [-0.4, -0.2) is 25.5 Å². The van der Waals surface area contributed by atoms with Crippen molar-refractivity contribution in [1.29, 1.82) is 5.26 Å². The van der Waals surface area contributed by atoms with E-state index >= 15 is 0 Å². The first-order valence-electron chi connectivity index (χ1n) is 10.3. The van der Waals surface area contributed by atoms with E-state index < -0.39 is 24.2 Å². The summed E-state index contributed by atoms with van der Waals surface area (Å²) in [6, 6.07) is 18.1. The number of benzene rings is 3. The quantitative estimate of drug-likeness (QED) is 0.293. The summed E-state index contributed by atoms with van der Waals surface area (Å²) in [5.74, 6) is -1.18. The number of nitrogens with one attached hydrogen (secondary N) is 2. The summed E-state index contributed by atoms with van der Waals surface area (Å²) in [5.41, 5.74) is 1.97. The van der Waals surface area contributed by atoms with Crippen LogP contribution in [0.5, 0.6) is 11.5 Å². The summed E-state index contributed by atoms with van der Waals surface area (Å²) in [7, 11) is 1.41. The Hall–Kier alpha value is -4.16. The van der Waals surface area contributed by atoms with Crippen molar-refractivity contribution < 1.29 is 23.5 Å². The molecule has 0 spiro atoms. The summed E-state index contributed by atoms with van der Waals surface area (Å²) < 4.78 is 25.1. The molecule has 2 amide bonds. The summed E-state index contributed by atoms with van der Waals surface area (Å²) in [5, 5.41) is 14.6. The van der Waals surface area contributed by atoms with E-state index in [1.165, 1.54) is 31.4 Å². The molecule has 9 heteroatoms. The van der Waals surface area contributed by atoms with Crippen molar-refractivity contribution in [3.8, 4) is 17.6 Å². The van der Waals surface area contributed by atoms with Gasteiger partial charge < -0.3 is 20.1 Å². The Morgan fingerprint density at radius 3 is 2.57 bits per heavy atom. The normalized spacial score (nSPS) is 10.8. The highest BCUT2D eigenvalue weighted by molar-refractivity contribution is 9.10. The molecule has 3 aromatic carbocycles. The molecule has 3 rings (SSSR count). The van der Waals surface area contributed by atoms with Crippen molar-refractivity contribution in [2.75, 3.05) is 24.4 Å². The summed E-state index contributed by atoms with van der Waals surface area (Å²) in [4.78, 5) is 24.8. The van der Waals surface area contributed by atoms with Crippen molar-refractivity contribution in [1.82, 2.24) is 0 Å². The Morgan fingerprint density at radius 1 is 1.11 bits per heavy atom. The lowest BCUT2D eigenvalue weighted by molar-refractivity contribution is -0.118. The molecule has 0 aromatic heterocycles. The topological polar surface area (TPSA) is 100 Å². The highest BCUT2D eigenvalue weighted by Crippen LogP contribution is 2.37. The fourth-order valence-corrected chi connectivity index (χ4v) is 3.66. The van der Waals surface area contributed by atoms with E-state index in [0.29, 0.717) is 15.7 Å². The predicted molar refractivity (Wildman–Crippen MR) is 135 cm³/mol. The largest absolute Gasteiger partial charge is 0.493 e. The third-order valence-corrected chi connectivity index (χ3v) is 5.29. The lowest BCUT2D eigenvalue weighted by atomic mass is 10.1. The van der Waals surface area contributed by atoms with Crippen molar-refractivity contribution in [3.63, 3.8) is 0 Å². The van der Waals surface area contributed by atoms with Gasteiger partial charge in [-0.1, -0.05) is 24.3 Å². The first-order chi connectivity index (χ1) is 16.8. The van der Waals surface area contributed by atoms with E-state index in [4.69, 9.17) is 9.47 Å². The molecule has 0 fully saturated rings. The van der Waals surface area contributed by atoms with E-state index in [1.54, 1.807) is 36.4 Å². The third kappa shape index (κ3) is 6.91. The number of aryl methyl sites for hydroxylation is 1. The zero-order chi connectivity index (χ0) is 25.4. The molecule has 0 aliphatic carbocycles. The van der Waals surface area contributed by atoms with Gasteiger partial charge in [-0.2, -0.15) is 5.26 Å². The lowest BCUT2D eigenvalue weighted by Crippen LogP contribution is -2.21. The minimum absolute atomic E-state index is 0.0422. The Bertz CT molecular complexity index is 1330. The number of para-hydroxylation sites is 1.